The molecule has 0 saturated carbocycles. The molecule has 122 valence electrons. The largest absolute Gasteiger partial charge is 0.373 e. The summed E-state index contributed by atoms with van der Waals surface area (Å²) in [6.07, 6.45) is 1.86. The van der Waals surface area contributed by atoms with Crippen LogP contribution in [-0.4, -0.2) is 48.3 Å². The van der Waals surface area contributed by atoms with E-state index in [1.807, 2.05) is 12.1 Å². The van der Waals surface area contributed by atoms with E-state index in [4.69, 9.17) is 10.00 Å². The SMILES string of the molecule is N#Cc1ccc(N2C[C@@H]3[C@@H](C2)OCCN3Cc2ccccc2)nc1. The summed E-state index contributed by atoms with van der Waals surface area (Å²) in [6.45, 7) is 4.47. The standard InChI is InChI=1S/C19H20N4O/c20-10-16-6-7-19(21-11-16)23-13-17-18(14-23)24-9-8-22(17)12-15-4-2-1-3-5-15/h1-7,11,17-18H,8-9,12-14H2/t17-,18-/m1/s1. The number of morpholine rings is 1. The zero-order chi connectivity index (χ0) is 16.4. The molecule has 0 aliphatic carbocycles. The Labute approximate surface area is 142 Å². The van der Waals surface area contributed by atoms with Crippen molar-refractivity contribution in [2.24, 2.45) is 0 Å². The first kappa shape index (κ1) is 15.1. The maximum absolute atomic E-state index is 8.91. The van der Waals surface area contributed by atoms with Crippen LogP contribution in [0.2, 0.25) is 0 Å². The van der Waals surface area contributed by atoms with Gasteiger partial charge in [-0.1, -0.05) is 30.3 Å². The Hall–Kier alpha value is -2.42. The molecule has 0 bridgehead atoms. The fraction of sp³-hybridized carbons (Fsp3) is 0.368. The minimum atomic E-state index is 0.222. The van der Waals surface area contributed by atoms with Crippen LogP contribution in [0.5, 0.6) is 0 Å². The first-order valence-electron chi connectivity index (χ1n) is 8.34. The molecular weight excluding hydrogens is 300 g/mol. The Bertz CT molecular complexity index is 725. The molecule has 1 aromatic heterocycles. The zero-order valence-corrected chi connectivity index (χ0v) is 13.5. The van der Waals surface area contributed by atoms with Gasteiger partial charge in [0, 0.05) is 32.4 Å². The number of ether oxygens (including phenoxy) is 1. The quantitative estimate of drug-likeness (QED) is 0.866. The first-order valence-corrected chi connectivity index (χ1v) is 8.34. The number of hydrogen-bond donors (Lipinski definition) is 0. The van der Waals surface area contributed by atoms with Crippen molar-refractivity contribution in [3.05, 3.63) is 59.8 Å². The summed E-state index contributed by atoms with van der Waals surface area (Å²) in [7, 11) is 0. The molecule has 5 heteroatoms. The number of nitriles is 1. The number of anilines is 1. The molecule has 2 aromatic rings. The Kier molecular flexibility index (Phi) is 4.16. The second-order valence-electron chi connectivity index (χ2n) is 6.35. The van der Waals surface area contributed by atoms with Gasteiger partial charge in [0.2, 0.25) is 0 Å². The van der Waals surface area contributed by atoms with Crippen molar-refractivity contribution < 1.29 is 4.74 Å². The number of rotatable bonds is 3. The van der Waals surface area contributed by atoms with Crippen LogP contribution in [0.3, 0.4) is 0 Å². The molecule has 3 heterocycles. The third kappa shape index (κ3) is 2.99. The Morgan fingerprint density at radius 1 is 1.17 bits per heavy atom. The van der Waals surface area contributed by atoms with Crippen molar-refractivity contribution in [1.29, 1.82) is 5.26 Å². The van der Waals surface area contributed by atoms with Gasteiger partial charge in [-0.2, -0.15) is 5.26 Å². The highest BCUT2D eigenvalue weighted by Gasteiger charge is 2.40. The summed E-state index contributed by atoms with van der Waals surface area (Å²) in [5.41, 5.74) is 1.94. The normalized spacial score (nSPS) is 23.7. The van der Waals surface area contributed by atoms with E-state index in [1.54, 1.807) is 6.20 Å². The van der Waals surface area contributed by atoms with Crippen molar-refractivity contribution in [2.45, 2.75) is 18.7 Å². The summed E-state index contributed by atoms with van der Waals surface area (Å²) in [5, 5.41) is 8.91. The van der Waals surface area contributed by atoms with Crippen LogP contribution < -0.4 is 4.90 Å². The summed E-state index contributed by atoms with van der Waals surface area (Å²) < 4.78 is 6.00. The maximum atomic E-state index is 8.91. The Morgan fingerprint density at radius 3 is 2.79 bits per heavy atom. The van der Waals surface area contributed by atoms with Crippen molar-refractivity contribution in [1.82, 2.24) is 9.88 Å². The molecule has 0 amide bonds. The molecule has 2 aliphatic rings. The first-order chi connectivity index (χ1) is 11.8. The van der Waals surface area contributed by atoms with Gasteiger partial charge in [0.15, 0.2) is 0 Å². The minimum Gasteiger partial charge on any atom is -0.373 e. The Morgan fingerprint density at radius 2 is 2.04 bits per heavy atom. The van der Waals surface area contributed by atoms with E-state index >= 15 is 0 Å². The van der Waals surface area contributed by atoms with Crippen LogP contribution >= 0.6 is 0 Å². The molecule has 4 rings (SSSR count). The lowest BCUT2D eigenvalue weighted by molar-refractivity contribution is -0.0499. The third-order valence-corrected chi connectivity index (χ3v) is 4.85. The molecule has 24 heavy (non-hydrogen) atoms. The number of fused-ring (bicyclic) bond motifs is 1. The van der Waals surface area contributed by atoms with E-state index in [0.717, 1.165) is 38.6 Å². The topological polar surface area (TPSA) is 52.4 Å². The van der Waals surface area contributed by atoms with Gasteiger partial charge >= 0.3 is 0 Å². The van der Waals surface area contributed by atoms with Gasteiger partial charge in [0.05, 0.1) is 24.3 Å². The molecule has 1 aromatic carbocycles. The fourth-order valence-corrected chi connectivity index (χ4v) is 3.60. The lowest BCUT2D eigenvalue weighted by Gasteiger charge is -2.36. The smallest absolute Gasteiger partial charge is 0.128 e. The Balaban J connectivity index is 1.48. The van der Waals surface area contributed by atoms with E-state index < -0.39 is 0 Å². The molecule has 2 aliphatic heterocycles. The summed E-state index contributed by atoms with van der Waals surface area (Å²) in [4.78, 5) is 9.21. The molecule has 2 fully saturated rings. The highest BCUT2D eigenvalue weighted by atomic mass is 16.5. The predicted octanol–water partition coefficient (Wildman–Crippen LogP) is 2.04. The van der Waals surface area contributed by atoms with Gasteiger partial charge in [0.25, 0.3) is 0 Å². The van der Waals surface area contributed by atoms with E-state index in [1.165, 1.54) is 5.56 Å². The van der Waals surface area contributed by atoms with Crippen LogP contribution in [0.25, 0.3) is 0 Å². The van der Waals surface area contributed by atoms with Crippen molar-refractivity contribution in [3.63, 3.8) is 0 Å². The van der Waals surface area contributed by atoms with Gasteiger partial charge in [-0.3, -0.25) is 4.90 Å². The van der Waals surface area contributed by atoms with Crippen LogP contribution in [0.4, 0.5) is 5.82 Å². The number of aromatic nitrogens is 1. The average molecular weight is 320 g/mol. The fourth-order valence-electron chi connectivity index (χ4n) is 3.60. The van der Waals surface area contributed by atoms with Crippen molar-refractivity contribution in [3.8, 4) is 6.07 Å². The summed E-state index contributed by atoms with van der Waals surface area (Å²) >= 11 is 0. The van der Waals surface area contributed by atoms with Gasteiger partial charge < -0.3 is 9.64 Å². The molecule has 0 N–H and O–H groups in total. The van der Waals surface area contributed by atoms with E-state index in [-0.39, 0.29) is 6.10 Å². The van der Waals surface area contributed by atoms with Crippen LogP contribution in [0.1, 0.15) is 11.1 Å². The number of pyridine rings is 1. The van der Waals surface area contributed by atoms with Gasteiger partial charge in [-0.15, -0.1) is 0 Å². The highest BCUT2D eigenvalue weighted by molar-refractivity contribution is 5.44. The molecule has 0 unspecified atom stereocenters. The minimum absolute atomic E-state index is 0.222. The van der Waals surface area contributed by atoms with Crippen molar-refractivity contribution >= 4 is 5.82 Å². The highest BCUT2D eigenvalue weighted by Crippen LogP contribution is 2.27. The molecule has 2 atom stereocenters. The molecule has 0 radical (unpaired) electrons. The second-order valence-corrected chi connectivity index (χ2v) is 6.35. The zero-order valence-electron chi connectivity index (χ0n) is 13.5. The number of hydrogen-bond acceptors (Lipinski definition) is 5. The van der Waals surface area contributed by atoms with E-state index in [0.29, 0.717) is 11.6 Å². The third-order valence-electron chi connectivity index (χ3n) is 4.85. The maximum Gasteiger partial charge on any atom is 0.128 e. The van der Waals surface area contributed by atoms with Crippen LogP contribution in [0, 0.1) is 11.3 Å². The van der Waals surface area contributed by atoms with Gasteiger partial charge in [-0.05, 0) is 17.7 Å². The number of nitrogens with zero attached hydrogens (tertiary/aromatic N) is 4. The number of benzene rings is 1. The summed E-state index contributed by atoms with van der Waals surface area (Å²) in [5.74, 6) is 0.923. The monoisotopic (exact) mass is 320 g/mol. The van der Waals surface area contributed by atoms with E-state index in [2.05, 4.69) is 51.2 Å². The second kappa shape index (κ2) is 6.60. The molecule has 2 saturated heterocycles. The van der Waals surface area contributed by atoms with Crippen LogP contribution in [-0.2, 0) is 11.3 Å². The lowest BCUT2D eigenvalue weighted by atomic mass is 10.1. The average Bonchev–Trinajstić information content (AvgIpc) is 3.08. The van der Waals surface area contributed by atoms with Gasteiger partial charge in [-0.25, -0.2) is 4.98 Å². The van der Waals surface area contributed by atoms with Crippen molar-refractivity contribution in [2.75, 3.05) is 31.1 Å². The molecule has 5 nitrogen and oxygen atoms in total. The van der Waals surface area contributed by atoms with Crippen LogP contribution in [0.15, 0.2) is 48.7 Å². The van der Waals surface area contributed by atoms with Gasteiger partial charge in [0.1, 0.15) is 11.9 Å². The summed E-state index contributed by atoms with van der Waals surface area (Å²) in [6, 6.07) is 16.9. The lowest BCUT2D eigenvalue weighted by Crippen LogP contribution is -2.50. The predicted molar refractivity (Wildman–Crippen MR) is 91.5 cm³/mol. The van der Waals surface area contributed by atoms with E-state index in [9.17, 15) is 0 Å². The molecule has 0 spiro atoms. The molecular formula is C19H20N4O.